The molecule has 4 aromatic rings. The number of hydrogen-bond donors (Lipinski definition) is 2. The van der Waals surface area contributed by atoms with E-state index >= 15 is 0 Å². The van der Waals surface area contributed by atoms with Crippen molar-refractivity contribution in [3.63, 3.8) is 0 Å². The third-order valence-corrected chi connectivity index (χ3v) is 7.81. The minimum absolute atomic E-state index is 0.0196. The van der Waals surface area contributed by atoms with Gasteiger partial charge < -0.3 is 4.42 Å². The molecule has 2 N–H and O–H groups in total. The van der Waals surface area contributed by atoms with Crippen molar-refractivity contribution in [2.45, 2.75) is 22.3 Å². The number of sulfonamides is 2. The number of benzene rings is 3. The maximum Gasteiger partial charge on any atom is 0.416 e. The van der Waals surface area contributed by atoms with Crippen LogP contribution in [0, 0.1) is 0 Å². The van der Waals surface area contributed by atoms with Crippen molar-refractivity contribution in [1.29, 1.82) is 0 Å². The fraction of sp³-hybridized carbons (Fsp3) is 0.0909. The first-order chi connectivity index (χ1) is 17.5. The van der Waals surface area contributed by atoms with E-state index in [1.807, 2.05) is 4.72 Å². The zero-order valence-corrected chi connectivity index (χ0v) is 20.7. The predicted octanol–water partition coefficient (Wildman–Crippen LogP) is 6.73. The lowest BCUT2D eigenvalue weighted by Gasteiger charge is -2.17. The van der Waals surface area contributed by atoms with Crippen molar-refractivity contribution in [3.05, 3.63) is 82.9 Å². The van der Waals surface area contributed by atoms with Gasteiger partial charge in [-0.05, 0) is 42.5 Å². The molecular weight excluding hydrogens is 586 g/mol. The van der Waals surface area contributed by atoms with Gasteiger partial charge in [-0.15, -0.1) is 0 Å². The summed E-state index contributed by atoms with van der Waals surface area (Å²) in [4.78, 5) is -1.36. The van der Waals surface area contributed by atoms with Crippen molar-refractivity contribution < 1.29 is 47.6 Å². The van der Waals surface area contributed by atoms with E-state index in [9.17, 15) is 43.2 Å². The van der Waals surface area contributed by atoms with Crippen LogP contribution in [0.25, 0.3) is 11.0 Å². The van der Waals surface area contributed by atoms with Crippen LogP contribution < -0.4 is 9.44 Å². The fourth-order valence-electron chi connectivity index (χ4n) is 3.26. The number of anilines is 2. The molecular formula is C22H13ClF6N2O5S2. The molecule has 3 aromatic carbocycles. The molecule has 0 atom stereocenters. The van der Waals surface area contributed by atoms with E-state index in [1.165, 1.54) is 12.1 Å². The van der Waals surface area contributed by atoms with Crippen molar-refractivity contribution in [1.82, 2.24) is 0 Å². The maximum absolute atomic E-state index is 13.2. The van der Waals surface area contributed by atoms with Gasteiger partial charge in [-0.2, -0.15) is 34.8 Å². The lowest BCUT2D eigenvalue weighted by molar-refractivity contribution is -0.143. The van der Waals surface area contributed by atoms with Gasteiger partial charge in [-0.25, -0.2) is 8.42 Å². The van der Waals surface area contributed by atoms with Crippen LogP contribution in [-0.2, 0) is 32.4 Å². The molecule has 4 rings (SSSR count). The molecule has 0 radical (unpaired) electrons. The quantitative estimate of drug-likeness (QED) is 0.240. The number of halogens is 7. The first-order valence-corrected chi connectivity index (χ1v) is 13.4. The molecule has 0 aliphatic carbocycles. The molecule has 0 amide bonds. The molecule has 0 fully saturated rings. The van der Waals surface area contributed by atoms with E-state index in [-0.39, 0.29) is 28.8 Å². The molecule has 1 heterocycles. The van der Waals surface area contributed by atoms with Gasteiger partial charge in [0.1, 0.15) is 5.58 Å². The van der Waals surface area contributed by atoms with E-state index in [4.69, 9.17) is 16.0 Å². The topological polar surface area (TPSA) is 105 Å². The fourth-order valence-corrected chi connectivity index (χ4v) is 5.62. The van der Waals surface area contributed by atoms with Gasteiger partial charge >= 0.3 is 12.4 Å². The highest BCUT2D eigenvalue weighted by atomic mass is 35.5. The average molecular weight is 599 g/mol. The number of furan rings is 1. The second-order valence-electron chi connectivity index (χ2n) is 7.75. The monoisotopic (exact) mass is 598 g/mol. The molecule has 202 valence electrons. The summed E-state index contributed by atoms with van der Waals surface area (Å²) in [6, 6.07) is 10.4. The van der Waals surface area contributed by atoms with Gasteiger partial charge in [0.15, 0.2) is 0 Å². The molecule has 1 aromatic heterocycles. The van der Waals surface area contributed by atoms with Crippen LogP contribution in [0.2, 0.25) is 5.02 Å². The highest BCUT2D eigenvalue weighted by Crippen LogP contribution is 2.38. The van der Waals surface area contributed by atoms with Crippen LogP contribution in [0.4, 0.5) is 37.7 Å². The molecule has 0 saturated heterocycles. The summed E-state index contributed by atoms with van der Waals surface area (Å²) in [6.07, 6.45) is -10.6. The van der Waals surface area contributed by atoms with Gasteiger partial charge in [0.05, 0.1) is 27.4 Å². The summed E-state index contributed by atoms with van der Waals surface area (Å²) in [5, 5.41) is -0.196. The van der Waals surface area contributed by atoms with Crippen LogP contribution >= 0.6 is 11.6 Å². The number of rotatable bonds is 6. The van der Waals surface area contributed by atoms with E-state index in [0.29, 0.717) is 5.39 Å². The zero-order chi connectivity index (χ0) is 28.1. The molecule has 38 heavy (non-hydrogen) atoms. The Bertz CT molecular complexity index is 1680. The zero-order valence-electron chi connectivity index (χ0n) is 18.4. The summed E-state index contributed by atoms with van der Waals surface area (Å²) in [5.74, 6) is 0. The van der Waals surface area contributed by atoms with E-state index in [2.05, 4.69) is 4.72 Å². The van der Waals surface area contributed by atoms with Crippen molar-refractivity contribution in [2.75, 3.05) is 9.44 Å². The Balaban J connectivity index is 1.74. The summed E-state index contributed by atoms with van der Waals surface area (Å²) in [6.45, 7) is 0. The molecule has 0 saturated carbocycles. The minimum Gasteiger partial charge on any atom is -0.443 e. The minimum atomic E-state index is -5.29. The van der Waals surface area contributed by atoms with Crippen molar-refractivity contribution >= 4 is 54.0 Å². The molecule has 7 nitrogen and oxygen atoms in total. The number of hydrogen-bond acceptors (Lipinski definition) is 5. The second kappa shape index (κ2) is 9.39. The third kappa shape index (κ3) is 5.84. The number of fused-ring (bicyclic) bond motifs is 1. The molecule has 16 heteroatoms. The normalized spacial score (nSPS) is 13.0. The largest absolute Gasteiger partial charge is 0.443 e. The van der Waals surface area contributed by atoms with Gasteiger partial charge in [-0.1, -0.05) is 29.8 Å². The van der Waals surface area contributed by atoms with Gasteiger partial charge in [0.25, 0.3) is 20.0 Å². The van der Waals surface area contributed by atoms with E-state index in [0.717, 1.165) is 18.2 Å². The Morgan fingerprint density at radius 1 is 0.684 bits per heavy atom. The Morgan fingerprint density at radius 2 is 1.26 bits per heavy atom. The predicted molar refractivity (Wildman–Crippen MR) is 126 cm³/mol. The molecule has 0 spiro atoms. The number of nitrogens with one attached hydrogen (secondary N) is 2. The summed E-state index contributed by atoms with van der Waals surface area (Å²) >= 11 is 5.90. The van der Waals surface area contributed by atoms with Gasteiger partial charge in [-0.3, -0.25) is 9.44 Å². The lowest BCUT2D eigenvalue weighted by atomic mass is 10.1. The molecule has 0 aliphatic heterocycles. The highest BCUT2D eigenvalue weighted by Gasteiger charge is 2.38. The van der Waals surface area contributed by atoms with Crippen LogP contribution in [0.15, 0.2) is 81.1 Å². The first kappa shape index (κ1) is 27.6. The maximum atomic E-state index is 13.2. The third-order valence-electron chi connectivity index (χ3n) is 5.01. The van der Waals surface area contributed by atoms with Gasteiger partial charge in [0.2, 0.25) is 5.09 Å². The number of alkyl halides is 6. The standard InChI is InChI=1S/C22H13ClF6N2O5S2/c23-15-5-6-17(18(11-15)31-38(34,35)20-7-12-3-1-2-4-19(12)36-20)30-37(32,33)16-9-13(21(24,25)26)8-14(10-16)22(27,28)29/h1-11,30-31H. The molecule has 0 aliphatic rings. The second-order valence-corrected chi connectivity index (χ2v) is 11.5. The average Bonchev–Trinajstić information content (AvgIpc) is 3.25. The summed E-state index contributed by atoms with van der Waals surface area (Å²) < 4.78 is 140. The Morgan fingerprint density at radius 3 is 1.84 bits per heavy atom. The Kier molecular flexibility index (Phi) is 6.82. The lowest BCUT2D eigenvalue weighted by Crippen LogP contribution is -2.19. The summed E-state index contributed by atoms with van der Waals surface area (Å²) in [7, 11) is -9.60. The van der Waals surface area contributed by atoms with Crippen LogP contribution in [0.1, 0.15) is 11.1 Å². The van der Waals surface area contributed by atoms with Crippen molar-refractivity contribution in [2.24, 2.45) is 0 Å². The van der Waals surface area contributed by atoms with E-state index < -0.39 is 64.9 Å². The summed E-state index contributed by atoms with van der Waals surface area (Å²) in [5.41, 5.74) is -4.50. The smallest absolute Gasteiger partial charge is 0.416 e. The molecule has 0 bridgehead atoms. The van der Waals surface area contributed by atoms with Crippen LogP contribution in [-0.4, -0.2) is 16.8 Å². The van der Waals surface area contributed by atoms with Crippen LogP contribution in [0.3, 0.4) is 0 Å². The van der Waals surface area contributed by atoms with E-state index in [1.54, 1.807) is 18.2 Å². The Hall–Kier alpha value is -3.43. The van der Waals surface area contributed by atoms with Gasteiger partial charge in [0, 0.05) is 16.5 Å². The van der Waals surface area contributed by atoms with Crippen LogP contribution in [0.5, 0.6) is 0 Å². The first-order valence-electron chi connectivity index (χ1n) is 10.1. The SMILES string of the molecule is O=S(=O)(Nc1ccc(Cl)cc1NS(=O)(=O)c1cc2ccccc2o1)c1cc(C(F)(F)F)cc(C(F)(F)F)c1. The van der Waals surface area contributed by atoms with Crippen molar-refractivity contribution in [3.8, 4) is 0 Å². The number of para-hydroxylation sites is 1. The highest BCUT2D eigenvalue weighted by molar-refractivity contribution is 7.93. The Labute approximate surface area is 216 Å². The molecule has 0 unspecified atom stereocenters.